The molecule has 2 rings (SSSR count). The Morgan fingerprint density at radius 1 is 1.00 bits per heavy atom. The molecule has 5 nitrogen and oxygen atoms in total. The lowest BCUT2D eigenvalue weighted by atomic mass is 10.1. The second-order valence-corrected chi connectivity index (χ2v) is 9.05. The third-order valence-corrected chi connectivity index (χ3v) is 5.57. The first kappa shape index (κ1) is 21.1. The summed E-state index contributed by atoms with van der Waals surface area (Å²) in [4.78, 5) is 14.9. The number of hydrogen-bond donors (Lipinski definition) is 1. The Morgan fingerprint density at radius 3 is 2.26 bits per heavy atom. The highest BCUT2D eigenvalue weighted by molar-refractivity contribution is 7.89. The van der Waals surface area contributed by atoms with Gasteiger partial charge in [-0.25, -0.2) is 13.1 Å². The highest BCUT2D eigenvalue weighted by Crippen LogP contribution is 2.17. The van der Waals surface area contributed by atoms with Gasteiger partial charge in [-0.2, -0.15) is 0 Å². The summed E-state index contributed by atoms with van der Waals surface area (Å²) in [7, 11) is -3.64. The van der Waals surface area contributed by atoms with E-state index in [4.69, 9.17) is 0 Å². The van der Waals surface area contributed by atoms with Crippen LogP contribution in [0.2, 0.25) is 0 Å². The second-order valence-electron chi connectivity index (χ2n) is 7.29. The van der Waals surface area contributed by atoms with Gasteiger partial charge in [0.05, 0.1) is 4.90 Å². The average Bonchev–Trinajstić information content (AvgIpc) is 2.65. The van der Waals surface area contributed by atoms with Gasteiger partial charge in [0.15, 0.2) is 0 Å². The lowest BCUT2D eigenvalue weighted by molar-refractivity contribution is 0.0690. The van der Waals surface area contributed by atoms with Crippen molar-refractivity contribution in [1.82, 2.24) is 9.62 Å². The summed E-state index contributed by atoms with van der Waals surface area (Å²) in [5.41, 5.74) is 1.40. The Morgan fingerprint density at radius 2 is 1.67 bits per heavy atom. The molecule has 0 saturated heterocycles. The first-order chi connectivity index (χ1) is 12.7. The number of nitrogens with one attached hydrogen (secondary N) is 1. The third-order valence-electron chi connectivity index (χ3n) is 4.15. The van der Waals surface area contributed by atoms with E-state index in [0.717, 1.165) is 5.56 Å². The predicted octanol–water partition coefficient (Wildman–Crippen LogP) is 3.67. The lowest BCUT2D eigenvalue weighted by Gasteiger charge is -2.27. The molecule has 0 spiro atoms. The van der Waals surface area contributed by atoms with Crippen LogP contribution in [0, 0.1) is 5.92 Å². The molecule has 2 aromatic carbocycles. The fraction of sp³-hybridized carbons (Fsp3) is 0.381. The molecule has 0 heterocycles. The summed E-state index contributed by atoms with van der Waals surface area (Å²) in [6, 6.07) is 16.0. The van der Waals surface area contributed by atoms with E-state index in [2.05, 4.69) is 4.72 Å². The van der Waals surface area contributed by atoms with Crippen molar-refractivity contribution in [2.75, 3.05) is 6.54 Å². The summed E-state index contributed by atoms with van der Waals surface area (Å²) in [5.74, 6) is 0.0154. The van der Waals surface area contributed by atoms with Crippen LogP contribution in [0.4, 0.5) is 0 Å². The molecule has 0 fully saturated rings. The first-order valence-corrected chi connectivity index (χ1v) is 10.6. The van der Waals surface area contributed by atoms with E-state index >= 15 is 0 Å². The molecule has 0 saturated carbocycles. The van der Waals surface area contributed by atoms with Gasteiger partial charge in [0.2, 0.25) is 10.0 Å². The number of rotatable bonds is 8. The van der Waals surface area contributed by atoms with Crippen molar-refractivity contribution in [2.24, 2.45) is 5.92 Å². The minimum absolute atomic E-state index is 0.0166. The molecule has 0 aliphatic heterocycles. The topological polar surface area (TPSA) is 66.5 Å². The zero-order valence-electron chi connectivity index (χ0n) is 16.3. The van der Waals surface area contributed by atoms with E-state index in [0.29, 0.717) is 18.7 Å². The van der Waals surface area contributed by atoms with Crippen LogP contribution in [0.25, 0.3) is 0 Å². The molecule has 0 aliphatic rings. The second kappa shape index (κ2) is 9.15. The molecule has 0 aliphatic carbocycles. The highest BCUT2D eigenvalue weighted by Gasteiger charge is 2.22. The van der Waals surface area contributed by atoms with E-state index < -0.39 is 10.0 Å². The molecule has 6 heteroatoms. The van der Waals surface area contributed by atoms with Crippen LogP contribution in [0.1, 0.15) is 43.6 Å². The SMILES string of the molecule is CC(C)CNS(=O)(=O)c1cccc(C(=O)N(Cc2ccccc2)C(C)C)c1. The van der Waals surface area contributed by atoms with Crippen molar-refractivity contribution in [3.8, 4) is 0 Å². The maximum Gasteiger partial charge on any atom is 0.254 e. The molecule has 1 N–H and O–H groups in total. The molecule has 2 aromatic rings. The van der Waals surface area contributed by atoms with Crippen LogP contribution < -0.4 is 4.72 Å². The molecule has 0 radical (unpaired) electrons. The molecule has 0 aromatic heterocycles. The largest absolute Gasteiger partial charge is 0.332 e. The Bertz CT molecular complexity index is 862. The smallest absolute Gasteiger partial charge is 0.254 e. The maximum atomic E-state index is 13.0. The highest BCUT2D eigenvalue weighted by atomic mass is 32.2. The fourth-order valence-corrected chi connectivity index (χ4v) is 3.85. The zero-order chi connectivity index (χ0) is 20.0. The summed E-state index contributed by atoms with van der Waals surface area (Å²) < 4.78 is 27.5. The first-order valence-electron chi connectivity index (χ1n) is 9.15. The van der Waals surface area contributed by atoms with Gasteiger partial charge < -0.3 is 4.90 Å². The molecule has 1 amide bonds. The van der Waals surface area contributed by atoms with Crippen LogP contribution in [-0.2, 0) is 16.6 Å². The van der Waals surface area contributed by atoms with E-state index in [1.165, 1.54) is 12.1 Å². The van der Waals surface area contributed by atoms with Crippen LogP contribution in [0.3, 0.4) is 0 Å². The molecule has 0 bridgehead atoms. The van der Waals surface area contributed by atoms with E-state index in [1.807, 2.05) is 58.0 Å². The molecular weight excluding hydrogens is 360 g/mol. The van der Waals surface area contributed by atoms with Gasteiger partial charge in [0.1, 0.15) is 0 Å². The van der Waals surface area contributed by atoms with E-state index in [1.54, 1.807) is 17.0 Å². The number of hydrogen-bond acceptors (Lipinski definition) is 3. The number of sulfonamides is 1. The van der Waals surface area contributed by atoms with Gasteiger partial charge in [-0.15, -0.1) is 0 Å². The maximum absolute atomic E-state index is 13.0. The quantitative estimate of drug-likeness (QED) is 0.750. The lowest BCUT2D eigenvalue weighted by Crippen LogP contribution is -2.36. The molecule has 146 valence electrons. The van der Waals surface area contributed by atoms with Crippen molar-refractivity contribution in [2.45, 2.75) is 45.2 Å². The van der Waals surface area contributed by atoms with Gasteiger partial charge in [-0.3, -0.25) is 4.79 Å². The summed E-state index contributed by atoms with van der Waals surface area (Å²) >= 11 is 0. The van der Waals surface area contributed by atoms with Crippen molar-refractivity contribution in [3.63, 3.8) is 0 Å². The van der Waals surface area contributed by atoms with Crippen molar-refractivity contribution < 1.29 is 13.2 Å². The zero-order valence-corrected chi connectivity index (χ0v) is 17.2. The standard InChI is InChI=1S/C21H28N2O3S/c1-16(2)14-22-27(25,26)20-12-8-11-19(13-20)21(24)23(17(3)4)15-18-9-6-5-7-10-18/h5-13,16-17,22H,14-15H2,1-4H3. The monoisotopic (exact) mass is 388 g/mol. The normalized spacial score (nSPS) is 11.8. The van der Waals surface area contributed by atoms with Crippen LogP contribution in [0.5, 0.6) is 0 Å². The Balaban J connectivity index is 2.26. The minimum atomic E-state index is -3.64. The minimum Gasteiger partial charge on any atom is -0.332 e. The Labute approximate surface area is 162 Å². The van der Waals surface area contributed by atoms with Crippen LogP contribution >= 0.6 is 0 Å². The fourth-order valence-electron chi connectivity index (χ4n) is 2.59. The summed E-state index contributed by atoms with van der Waals surface area (Å²) in [6.07, 6.45) is 0. The van der Waals surface area contributed by atoms with Crippen molar-refractivity contribution in [1.29, 1.82) is 0 Å². The number of carbonyl (C=O) groups excluding carboxylic acids is 1. The third kappa shape index (κ3) is 5.91. The van der Waals surface area contributed by atoms with Crippen molar-refractivity contribution in [3.05, 3.63) is 65.7 Å². The number of benzene rings is 2. The van der Waals surface area contributed by atoms with Gasteiger partial charge in [-0.05, 0) is 43.5 Å². The van der Waals surface area contributed by atoms with Gasteiger partial charge in [0, 0.05) is 24.7 Å². The van der Waals surface area contributed by atoms with E-state index in [9.17, 15) is 13.2 Å². The Kier molecular flexibility index (Phi) is 7.16. The molecular formula is C21H28N2O3S. The van der Waals surface area contributed by atoms with Crippen LogP contribution in [0.15, 0.2) is 59.5 Å². The van der Waals surface area contributed by atoms with Gasteiger partial charge in [0.25, 0.3) is 5.91 Å². The summed E-state index contributed by atoms with van der Waals surface area (Å²) in [5, 5.41) is 0. The van der Waals surface area contributed by atoms with E-state index in [-0.39, 0.29) is 22.8 Å². The molecule has 0 unspecified atom stereocenters. The molecule has 27 heavy (non-hydrogen) atoms. The number of nitrogens with zero attached hydrogens (tertiary/aromatic N) is 1. The van der Waals surface area contributed by atoms with Crippen LogP contribution in [-0.4, -0.2) is 31.8 Å². The number of carbonyl (C=O) groups is 1. The Hall–Kier alpha value is -2.18. The van der Waals surface area contributed by atoms with Gasteiger partial charge >= 0.3 is 0 Å². The average molecular weight is 389 g/mol. The van der Waals surface area contributed by atoms with Crippen molar-refractivity contribution >= 4 is 15.9 Å². The number of amides is 1. The predicted molar refractivity (Wildman–Crippen MR) is 108 cm³/mol. The van der Waals surface area contributed by atoms with Gasteiger partial charge in [-0.1, -0.05) is 50.2 Å². The molecule has 0 atom stereocenters. The summed E-state index contributed by atoms with van der Waals surface area (Å²) in [6.45, 7) is 8.60.